The van der Waals surface area contributed by atoms with Crippen molar-refractivity contribution in [3.8, 4) is 12.3 Å². The van der Waals surface area contributed by atoms with Crippen molar-refractivity contribution >= 4 is 0 Å². The predicted molar refractivity (Wildman–Crippen MR) is 71.4 cm³/mol. The van der Waals surface area contributed by atoms with Crippen molar-refractivity contribution in [2.75, 3.05) is 0 Å². The van der Waals surface area contributed by atoms with Crippen molar-refractivity contribution in [3.63, 3.8) is 0 Å². The van der Waals surface area contributed by atoms with Crippen LogP contribution in [0.15, 0.2) is 25.3 Å². The normalized spacial score (nSPS) is 6.57. The molecule has 0 N–H and O–H groups in total. The van der Waals surface area contributed by atoms with Gasteiger partial charge in [0.1, 0.15) is 0 Å². The maximum atomic E-state index is 4.78. The van der Waals surface area contributed by atoms with E-state index in [0.717, 1.165) is 12.8 Å². The number of rotatable bonds is 1. The molecule has 0 aromatic rings. The topological polar surface area (TPSA) is 0 Å². The quantitative estimate of drug-likeness (QED) is 0.398. The third-order valence-electron chi connectivity index (χ3n) is 0.676. The molecule has 14 heavy (non-hydrogen) atoms. The summed E-state index contributed by atoms with van der Waals surface area (Å²) in [4.78, 5) is 0. The lowest BCUT2D eigenvalue weighted by molar-refractivity contribution is 1.09. The van der Waals surface area contributed by atoms with E-state index in [4.69, 9.17) is 6.42 Å². The van der Waals surface area contributed by atoms with Gasteiger partial charge in [0.25, 0.3) is 0 Å². The first kappa shape index (κ1) is 23.1. The van der Waals surface area contributed by atoms with Gasteiger partial charge in [-0.15, -0.1) is 25.5 Å². The van der Waals surface area contributed by atoms with E-state index in [-0.39, 0.29) is 0 Å². The third kappa shape index (κ3) is 267. The maximum Gasteiger partial charge on any atom is 0.00576 e. The van der Waals surface area contributed by atoms with Crippen molar-refractivity contribution in [2.45, 2.75) is 53.9 Å². The molecule has 0 aromatic heterocycles. The summed E-state index contributed by atoms with van der Waals surface area (Å²) in [6.07, 6.45) is 12.2. The van der Waals surface area contributed by atoms with Gasteiger partial charge >= 0.3 is 0 Å². The van der Waals surface area contributed by atoms with Crippen LogP contribution in [0.25, 0.3) is 0 Å². The fourth-order valence-electron chi connectivity index (χ4n) is 0.236. The molecule has 0 aromatic carbocycles. The molecule has 0 atom stereocenters. The van der Waals surface area contributed by atoms with Gasteiger partial charge < -0.3 is 0 Å². The minimum Gasteiger partial charge on any atom is -0.120 e. The van der Waals surface area contributed by atoms with E-state index in [1.807, 2.05) is 13.8 Å². The summed E-state index contributed by atoms with van der Waals surface area (Å²) in [6.45, 7) is 16.4. The molecule has 0 saturated heterocycles. The highest BCUT2D eigenvalue weighted by Crippen LogP contribution is 1.73. The van der Waals surface area contributed by atoms with Gasteiger partial charge in [-0.3, -0.25) is 0 Å². The van der Waals surface area contributed by atoms with E-state index in [9.17, 15) is 0 Å². The van der Waals surface area contributed by atoms with E-state index < -0.39 is 0 Å². The van der Waals surface area contributed by atoms with Crippen LogP contribution in [0, 0.1) is 12.3 Å². The molecule has 0 heteroatoms. The van der Waals surface area contributed by atoms with Crippen molar-refractivity contribution < 1.29 is 0 Å². The highest BCUT2D eigenvalue weighted by atomic mass is 13.6. The second kappa shape index (κ2) is 57.8. The molecular weight excluding hydrogens is 168 g/mol. The zero-order valence-corrected chi connectivity index (χ0v) is 10.8. The largest absolute Gasteiger partial charge is 0.120 e. The molecule has 0 amide bonds. The fraction of sp³-hybridized carbons (Fsp3) is 0.571. The summed E-state index contributed by atoms with van der Waals surface area (Å²) in [5, 5.41) is 0. The molecule has 84 valence electrons. The van der Waals surface area contributed by atoms with Gasteiger partial charge in [0.2, 0.25) is 0 Å². The van der Waals surface area contributed by atoms with Crippen LogP contribution in [-0.4, -0.2) is 0 Å². The summed E-state index contributed by atoms with van der Waals surface area (Å²) in [5.41, 5.74) is 0. The van der Waals surface area contributed by atoms with Crippen molar-refractivity contribution in [1.82, 2.24) is 0 Å². The predicted octanol–water partition coefficient (Wildman–Crippen LogP) is 5.22. The van der Waals surface area contributed by atoms with Gasteiger partial charge in [-0.25, -0.2) is 0 Å². The first-order valence-corrected chi connectivity index (χ1v) is 5.29. The molecule has 0 unspecified atom stereocenters. The lowest BCUT2D eigenvalue weighted by Crippen LogP contribution is -1.43. The number of hydrogen-bond acceptors (Lipinski definition) is 0. The van der Waals surface area contributed by atoms with Crippen LogP contribution < -0.4 is 0 Å². The van der Waals surface area contributed by atoms with Crippen molar-refractivity contribution in [3.05, 3.63) is 25.3 Å². The zero-order valence-electron chi connectivity index (χ0n) is 10.8. The van der Waals surface area contributed by atoms with E-state index in [1.165, 1.54) is 6.42 Å². The standard InChI is InChI=1S/C5H10.C4H6.C3H8.C2H4/c1-3-5-4-2;1-3-4-2;1-3-2;1-2/h3,5H,4H2,1-2H3;1H,4H2,2H3;3H2,1-2H3;1-2H2/b5-3-;;;. The molecule has 0 radical (unpaired) electrons. The summed E-state index contributed by atoms with van der Waals surface area (Å²) in [6, 6.07) is 0. The Balaban J connectivity index is -0.0000000505. The molecule has 0 spiro atoms. The Hall–Kier alpha value is -0.960. The first-order chi connectivity index (χ1) is 6.74. The lowest BCUT2D eigenvalue weighted by Gasteiger charge is -1.65. The maximum absolute atomic E-state index is 4.78. The zero-order chi connectivity index (χ0) is 12.2. The van der Waals surface area contributed by atoms with E-state index in [2.05, 4.69) is 52.0 Å². The molecule has 0 nitrogen and oxygen atoms in total. The SMILES string of the molecule is C#CCC.C/C=C\CC.C=C.CCC. The summed E-state index contributed by atoms with van der Waals surface area (Å²) >= 11 is 0. The van der Waals surface area contributed by atoms with Gasteiger partial charge in [0, 0.05) is 6.42 Å². The molecule has 0 aliphatic rings. The van der Waals surface area contributed by atoms with Crippen LogP contribution in [-0.2, 0) is 0 Å². The number of hydrogen-bond donors (Lipinski definition) is 0. The molecule has 0 aliphatic carbocycles. The summed E-state index contributed by atoms with van der Waals surface area (Å²) in [5.74, 6) is 2.43. The van der Waals surface area contributed by atoms with E-state index in [0.29, 0.717) is 0 Å². The van der Waals surface area contributed by atoms with Gasteiger partial charge in [-0.1, -0.05) is 46.3 Å². The van der Waals surface area contributed by atoms with Gasteiger partial charge in [0.15, 0.2) is 0 Å². The highest BCUT2D eigenvalue weighted by molar-refractivity contribution is 4.80. The Morgan fingerprint density at radius 1 is 1.14 bits per heavy atom. The van der Waals surface area contributed by atoms with Gasteiger partial charge in [0.05, 0.1) is 0 Å². The Bertz CT molecular complexity index is 104. The Morgan fingerprint density at radius 3 is 1.43 bits per heavy atom. The molecule has 0 rings (SSSR count). The Morgan fingerprint density at radius 2 is 1.43 bits per heavy atom. The van der Waals surface area contributed by atoms with E-state index in [1.54, 1.807) is 0 Å². The smallest absolute Gasteiger partial charge is 0.00576 e. The molecule has 0 heterocycles. The molecule has 0 bridgehead atoms. The van der Waals surface area contributed by atoms with E-state index >= 15 is 0 Å². The Kier molecular flexibility index (Phi) is 95.4. The average molecular weight is 196 g/mol. The van der Waals surface area contributed by atoms with Crippen LogP contribution in [0.3, 0.4) is 0 Å². The van der Waals surface area contributed by atoms with Crippen LogP contribution in [0.1, 0.15) is 53.9 Å². The number of terminal acetylenes is 1. The van der Waals surface area contributed by atoms with Crippen LogP contribution in [0.5, 0.6) is 0 Å². The Labute approximate surface area is 92.1 Å². The monoisotopic (exact) mass is 196 g/mol. The minimum atomic E-state index is 0.847. The first-order valence-electron chi connectivity index (χ1n) is 5.29. The molecule has 0 aliphatic heterocycles. The molecule has 0 saturated carbocycles. The summed E-state index contributed by atoms with van der Waals surface area (Å²) in [7, 11) is 0. The average Bonchev–Trinajstić information content (AvgIpc) is 2.24. The molecular formula is C14H28. The third-order valence-corrected chi connectivity index (χ3v) is 0.676. The second-order valence-corrected chi connectivity index (χ2v) is 2.24. The second-order valence-electron chi connectivity index (χ2n) is 2.24. The fourth-order valence-corrected chi connectivity index (χ4v) is 0.236. The van der Waals surface area contributed by atoms with Crippen LogP contribution >= 0.6 is 0 Å². The van der Waals surface area contributed by atoms with Crippen LogP contribution in [0.4, 0.5) is 0 Å². The van der Waals surface area contributed by atoms with Gasteiger partial charge in [-0.05, 0) is 13.3 Å². The van der Waals surface area contributed by atoms with Crippen LogP contribution in [0.2, 0.25) is 0 Å². The van der Waals surface area contributed by atoms with Crippen molar-refractivity contribution in [2.24, 2.45) is 0 Å². The minimum absolute atomic E-state index is 0.847. The highest BCUT2D eigenvalue weighted by Gasteiger charge is 1.52. The molecule has 0 fully saturated rings. The van der Waals surface area contributed by atoms with Crippen molar-refractivity contribution in [1.29, 1.82) is 0 Å². The van der Waals surface area contributed by atoms with Gasteiger partial charge in [-0.2, -0.15) is 0 Å². The lowest BCUT2D eigenvalue weighted by atomic mass is 10.4. The number of allylic oxidation sites excluding steroid dienone is 2. The summed E-state index contributed by atoms with van der Waals surface area (Å²) < 4.78 is 0.